The molecular weight excluding hydrogens is 442 g/mol. The van der Waals surface area contributed by atoms with Crippen molar-refractivity contribution in [1.29, 1.82) is 0 Å². The number of carboxylic acid groups (broad SMARTS) is 1. The number of piperazine rings is 1. The Labute approximate surface area is 195 Å². The summed E-state index contributed by atoms with van der Waals surface area (Å²) in [6, 6.07) is 11.3. The fourth-order valence-corrected chi connectivity index (χ4v) is 5.82. The van der Waals surface area contributed by atoms with Crippen LogP contribution in [0.2, 0.25) is 0 Å². The van der Waals surface area contributed by atoms with Crippen molar-refractivity contribution < 1.29 is 23.1 Å². The van der Waals surface area contributed by atoms with Crippen LogP contribution in [0.5, 0.6) is 5.75 Å². The molecule has 2 N–H and O–H groups in total. The van der Waals surface area contributed by atoms with Crippen LogP contribution >= 0.6 is 0 Å². The van der Waals surface area contributed by atoms with Gasteiger partial charge in [-0.1, -0.05) is 19.3 Å². The molecule has 0 radical (unpaired) electrons. The molecule has 2 aliphatic rings. The van der Waals surface area contributed by atoms with Crippen molar-refractivity contribution >= 4 is 27.4 Å². The number of rotatable bonds is 7. The molecule has 1 saturated heterocycles. The fraction of sp³-hybridized carbons (Fsp3) is 0.458. The molecule has 1 aliphatic heterocycles. The summed E-state index contributed by atoms with van der Waals surface area (Å²) in [6.07, 6.45) is 6.40. The van der Waals surface area contributed by atoms with Crippen molar-refractivity contribution in [2.24, 2.45) is 0 Å². The molecule has 33 heavy (non-hydrogen) atoms. The van der Waals surface area contributed by atoms with Crippen molar-refractivity contribution in [2.75, 3.05) is 42.9 Å². The van der Waals surface area contributed by atoms with Crippen molar-refractivity contribution in [3.63, 3.8) is 0 Å². The summed E-state index contributed by atoms with van der Waals surface area (Å²) in [4.78, 5) is 16.3. The molecule has 178 valence electrons. The summed E-state index contributed by atoms with van der Waals surface area (Å²) in [5.41, 5.74) is 1.00. The van der Waals surface area contributed by atoms with Gasteiger partial charge in [-0.05, 0) is 55.3 Å². The molecule has 4 rings (SSSR count). The van der Waals surface area contributed by atoms with E-state index in [1.807, 2.05) is 0 Å². The van der Waals surface area contributed by atoms with Crippen molar-refractivity contribution in [3.05, 3.63) is 48.0 Å². The van der Waals surface area contributed by atoms with Crippen LogP contribution in [0.4, 0.5) is 11.4 Å². The second-order valence-electron chi connectivity index (χ2n) is 8.63. The van der Waals surface area contributed by atoms with Crippen LogP contribution in [0.1, 0.15) is 42.5 Å². The summed E-state index contributed by atoms with van der Waals surface area (Å²) in [5, 5.41) is 9.45. The van der Waals surface area contributed by atoms with E-state index in [1.165, 1.54) is 63.5 Å². The first-order valence-electron chi connectivity index (χ1n) is 11.4. The molecule has 0 aromatic heterocycles. The molecule has 2 aromatic carbocycles. The molecule has 1 aliphatic carbocycles. The molecule has 2 fully saturated rings. The van der Waals surface area contributed by atoms with Crippen molar-refractivity contribution in [3.8, 4) is 5.75 Å². The predicted molar refractivity (Wildman–Crippen MR) is 128 cm³/mol. The van der Waals surface area contributed by atoms with E-state index in [-0.39, 0.29) is 16.1 Å². The van der Waals surface area contributed by atoms with Gasteiger partial charge in [-0.3, -0.25) is 9.62 Å². The van der Waals surface area contributed by atoms with Crippen LogP contribution in [0, 0.1) is 0 Å². The van der Waals surface area contributed by atoms with E-state index in [0.717, 1.165) is 26.2 Å². The second-order valence-corrected chi connectivity index (χ2v) is 10.3. The van der Waals surface area contributed by atoms with E-state index in [0.29, 0.717) is 17.5 Å². The standard InChI is InChI=1S/C24H31N3O5S/c1-32-20-8-10-21(11-9-20)33(30,31)25-22-17-18(24(28)29)7-12-23(22)27-15-13-26(14-16-27)19-5-3-2-4-6-19/h7-12,17,19,25H,2-6,13-16H2,1H3,(H,28,29). The van der Waals surface area contributed by atoms with Crippen LogP contribution in [0.3, 0.4) is 0 Å². The minimum atomic E-state index is -3.91. The Morgan fingerprint density at radius 2 is 1.67 bits per heavy atom. The summed E-state index contributed by atoms with van der Waals surface area (Å²) in [6.45, 7) is 3.35. The van der Waals surface area contributed by atoms with Crippen LogP contribution in [0.15, 0.2) is 47.4 Å². The van der Waals surface area contributed by atoms with Crippen LogP contribution in [-0.2, 0) is 10.0 Å². The Hall–Kier alpha value is -2.78. The molecule has 0 unspecified atom stereocenters. The predicted octanol–water partition coefficient (Wildman–Crippen LogP) is 3.65. The van der Waals surface area contributed by atoms with E-state index in [2.05, 4.69) is 14.5 Å². The Bertz CT molecular complexity index is 1070. The van der Waals surface area contributed by atoms with Gasteiger partial charge in [-0.2, -0.15) is 0 Å². The lowest BCUT2D eigenvalue weighted by Gasteiger charge is -2.42. The molecule has 1 heterocycles. The number of anilines is 2. The number of benzene rings is 2. The number of hydrogen-bond acceptors (Lipinski definition) is 6. The summed E-state index contributed by atoms with van der Waals surface area (Å²) in [7, 11) is -2.39. The zero-order chi connectivity index (χ0) is 23.4. The van der Waals surface area contributed by atoms with Gasteiger partial charge in [0.15, 0.2) is 0 Å². The highest BCUT2D eigenvalue weighted by molar-refractivity contribution is 7.92. The van der Waals surface area contributed by atoms with Crippen LogP contribution in [-0.4, -0.2) is 63.7 Å². The number of sulfonamides is 1. The van der Waals surface area contributed by atoms with Gasteiger partial charge in [0, 0.05) is 32.2 Å². The average molecular weight is 474 g/mol. The molecule has 0 atom stereocenters. The first kappa shape index (κ1) is 23.4. The minimum absolute atomic E-state index is 0.0343. The Balaban J connectivity index is 1.55. The van der Waals surface area contributed by atoms with Crippen LogP contribution < -0.4 is 14.4 Å². The highest BCUT2D eigenvalue weighted by Crippen LogP contribution is 2.32. The first-order valence-corrected chi connectivity index (χ1v) is 12.9. The lowest BCUT2D eigenvalue weighted by molar-refractivity contribution is 0.0697. The third-order valence-corrected chi connectivity index (χ3v) is 7.99. The molecule has 0 spiro atoms. The number of aromatic carboxylic acids is 1. The molecule has 9 heteroatoms. The largest absolute Gasteiger partial charge is 0.497 e. The van der Waals surface area contributed by atoms with Crippen LogP contribution in [0.25, 0.3) is 0 Å². The third-order valence-electron chi connectivity index (χ3n) is 6.60. The van der Waals surface area contributed by atoms with Gasteiger partial charge in [0.05, 0.1) is 28.9 Å². The van der Waals surface area contributed by atoms with Gasteiger partial charge in [-0.25, -0.2) is 13.2 Å². The molecule has 0 bridgehead atoms. The number of ether oxygens (including phenoxy) is 1. The minimum Gasteiger partial charge on any atom is -0.497 e. The molecule has 1 saturated carbocycles. The smallest absolute Gasteiger partial charge is 0.335 e. The number of methoxy groups -OCH3 is 1. The van der Waals surface area contributed by atoms with E-state index in [1.54, 1.807) is 18.2 Å². The topological polar surface area (TPSA) is 99.2 Å². The Morgan fingerprint density at radius 3 is 2.27 bits per heavy atom. The maximum Gasteiger partial charge on any atom is 0.335 e. The van der Waals surface area contributed by atoms with Gasteiger partial charge in [0.25, 0.3) is 10.0 Å². The van der Waals surface area contributed by atoms with Crippen molar-refractivity contribution in [1.82, 2.24) is 4.90 Å². The van der Waals surface area contributed by atoms with E-state index >= 15 is 0 Å². The second kappa shape index (κ2) is 10.0. The van der Waals surface area contributed by atoms with E-state index < -0.39 is 16.0 Å². The number of carbonyl (C=O) groups is 1. The lowest BCUT2D eigenvalue weighted by Crippen LogP contribution is -2.51. The van der Waals surface area contributed by atoms with E-state index in [9.17, 15) is 18.3 Å². The van der Waals surface area contributed by atoms with Gasteiger partial charge >= 0.3 is 5.97 Å². The summed E-state index contributed by atoms with van der Waals surface area (Å²) in [5.74, 6) is -0.549. The number of carboxylic acids is 1. The van der Waals surface area contributed by atoms with Gasteiger partial charge < -0.3 is 14.7 Å². The van der Waals surface area contributed by atoms with E-state index in [4.69, 9.17) is 4.74 Å². The molecule has 8 nitrogen and oxygen atoms in total. The average Bonchev–Trinajstić information content (AvgIpc) is 2.84. The highest BCUT2D eigenvalue weighted by Gasteiger charge is 2.27. The maximum atomic E-state index is 13.0. The number of nitrogens with one attached hydrogen (secondary N) is 1. The SMILES string of the molecule is COc1ccc(S(=O)(=O)Nc2cc(C(=O)O)ccc2N2CCN(C3CCCCC3)CC2)cc1. The molecule has 2 aromatic rings. The zero-order valence-electron chi connectivity index (χ0n) is 18.9. The summed E-state index contributed by atoms with van der Waals surface area (Å²) < 4.78 is 33.8. The Kier molecular flexibility index (Phi) is 7.09. The zero-order valence-corrected chi connectivity index (χ0v) is 19.7. The summed E-state index contributed by atoms with van der Waals surface area (Å²) >= 11 is 0. The lowest BCUT2D eigenvalue weighted by atomic mass is 9.94. The fourth-order valence-electron chi connectivity index (χ4n) is 4.76. The van der Waals surface area contributed by atoms with Gasteiger partial charge in [0.2, 0.25) is 0 Å². The quantitative estimate of drug-likeness (QED) is 0.633. The number of nitrogens with zero attached hydrogens (tertiary/aromatic N) is 2. The van der Waals surface area contributed by atoms with Gasteiger partial charge in [0.1, 0.15) is 5.75 Å². The first-order chi connectivity index (χ1) is 15.9. The highest BCUT2D eigenvalue weighted by atomic mass is 32.2. The normalized spacial score (nSPS) is 18.2. The maximum absolute atomic E-state index is 13.0. The molecule has 0 amide bonds. The Morgan fingerprint density at radius 1 is 1.00 bits per heavy atom. The molecular formula is C24H31N3O5S. The number of hydrogen-bond donors (Lipinski definition) is 2. The van der Waals surface area contributed by atoms with Crippen molar-refractivity contribution in [2.45, 2.75) is 43.0 Å². The monoisotopic (exact) mass is 473 g/mol. The van der Waals surface area contributed by atoms with Gasteiger partial charge in [-0.15, -0.1) is 0 Å². The third kappa shape index (κ3) is 5.42.